The second-order valence-electron chi connectivity index (χ2n) is 11.0. The van der Waals surface area contributed by atoms with Gasteiger partial charge in [0.05, 0.1) is 11.9 Å². The van der Waals surface area contributed by atoms with Crippen LogP contribution in [0.5, 0.6) is 0 Å². The van der Waals surface area contributed by atoms with Gasteiger partial charge >= 0.3 is 12.0 Å². The van der Waals surface area contributed by atoms with E-state index in [0.29, 0.717) is 6.54 Å². The lowest BCUT2D eigenvalue weighted by Gasteiger charge is -2.39. The first-order valence-electron chi connectivity index (χ1n) is 13.9. The Morgan fingerprint density at radius 3 is 2.58 bits per heavy atom. The van der Waals surface area contributed by atoms with Crippen LogP contribution in [-0.2, 0) is 24.3 Å². The Hall–Kier alpha value is -3.46. The van der Waals surface area contributed by atoms with E-state index in [-0.39, 0.29) is 18.4 Å². The second-order valence-corrected chi connectivity index (χ2v) is 11.0. The first kappa shape index (κ1) is 24.9. The monoisotopic (exact) mass is 516 g/mol. The molecule has 1 atom stereocenters. The molecule has 0 aliphatic carbocycles. The van der Waals surface area contributed by atoms with Crippen molar-refractivity contribution in [1.29, 1.82) is 0 Å². The minimum Gasteiger partial charge on any atom is -0.481 e. The maximum absolute atomic E-state index is 13.4. The second kappa shape index (κ2) is 10.4. The van der Waals surface area contributed by atoms with Gasteiger partial charge in [0, 0.05) is 51.7 Å². The number of carbonyl (C=O) groups excluding carboxylic acids is 1. The third-order valence-corrected chi connectivity index (χ3v) is 8.64. The molecule has 0 radical (unpaired) electrons. The van der Waals surface area contributed by atoms with Crippen LogP contribution >= 0.6 is 0 Å². The number of aryl methyl sites for hydroxylation is 2. The molecular formula is C29H36N6O3. The number of carboxylic acids is 1. The number of aliphatic carboxylic acids is 1. The first-order valence-corrected chi connectivity index (χ1v) is 13.9. The van der Waals surface area contributed by atoms with Crippen molar-refractivity contribution in [3.05, 3.63) is 58.1 Å². The van der Waals surface area contributed by atoms with E-state index < -0.39 is 5.97 Å². The molecule has 9 nitrogen and oxygen atoms in total. The van der Waals surface area contributed by atoms with Crippen molar-refractivity contribution >= 4 is 23.0 Å². The van der Waals surface area contributed by atoms with Crippen LogP contribution in [0.4, 0.5) is 4.79 Å². The van der Waals surface area contributed by atoms with Gasteiger partial charge in [0.25, 0.3) is 0 Å². The zero-order valence-corrected chi connectivity index (χ0v) is 22.1. The highest BCUT2D eigenvalue weighted by molar-refractivity contribution is 5.80. The Balaban J connectivity index is 1.39. The number of urea groups is 1. The van der Waals surface area contributed by atoms with Crippen molar-refractivity contribution in [2.75, 3.05) is 39.3 Å². The molecule has 9 bridgehead atoms. The normalized spacial score (nSPS) is 22.4. The summed E-state index contributed by atoms with van der Waals surface area (Å²) in [4.78, 5) is 31.8. The van der Waals surface area contributed by atoms with Crippen molar-refractivity contribution in [2.45, 2.75) is 58.0 Å². The standard InChI is InChI=1S/C29H36N6O3/c1-20-24-7-8-26-28(20)30-31-35(26)11-4-2-3-10-32-13-15-33(16-14-32)29(38)34-12-9-21-5-6-22(17-23(21)19-34)25(24)18-27(36)37/h5-8,17,25H,2-4,9-16,18-19H2,1H3,(H,36,37). The highest BCUT2D eigenvalue weighted by atomic mass is 16.4. The number of amides is 2. The summed E-state index contributed by atoms with van der Waals surface area (Å²) >= 11 is 0. The summed E-state index contributed by atoms with van der Waals surface area (Å²) in [5.74, 6) is -1.14. The number of hydrogen-bond donors (Lipinski definition) is 1. The van der Waals surface area contributed by atoms with Crippen LogP contribution in [-0.4, -0.2) is 86.1 Å². The molecule has 9 heteroatoms. The van der Waals surface area contributed by atoms with Crippen LogP contribution < -0.4 is 0 Å². The molecule has 200 valence electrons. The number of benzene rings is 2. The molecule has 6 aliphatic rings. The fraction of sp³-hybridized carbons (Fsp3) is 0.517. The summed E-state index contributed by atoms with van der Waals surface area (Å²) in [6, 6.07) is 10.5. The van der Waals surface area contributed by atoms with Crippen LogP contribution in [0.1, 0.15) is 59.4 Å². The van der Waals surface area contributed by atoms with Crippen LogP contribution in [0.25, 0.3) is 11.0 Å². The van der Waals surface area contributed by atoms with Gasteiger partial charge in [0.2, 0.25) is 0 Å². The van der Waals surface area contributed by atoms with Gasteiger partial charge in [0.1, 0.15) is 5.52 Å². The molecule has 1 fully saturated rings. The number of carboxylic acid groups (broad SMARTS) is 1. The van der Waals surface area contributed by atoms with E-state index in [2.05, 4.69) is 39.5 Å². The van der Waals surface area contributed by atoms with Gasteiger partial charge in [-0.2, -0.15) is 0 Å². The lowest BCUT2D eigenvalue weighted by molar-refractivity contribution is -0.137. The average molecular weight is 517 g/mol. The summed E-state index contributed by atoms with van der Waals surface area (Å²) < 4.78 is 1.98. The van der Waals surface area contributed by atoms with E-state index in [9.17, 15) is 14.7 Å². The van der Waals surface area contributed by atoms with Crippen LogP contribution in [0.15, 0.2) is 30.3 Å². The van der Waals surface area contributed by atoms with Crippen molar-refractivity contribution in [3.63, 3.8) is 0 Å². The molecule has 1 N–H and O–H groups in total. The van der Waals surface area contributed by atoms with Gasteiger partial charge in [0.15, 0.2) is 0 Å². The molecule has 1 aromatic heterocycles. The summed E-state index contributed by atoms with van der Waals surface area (Å²) in [6.07, 6.45) is 4.09. The Kier molecular flexibility index (Phi) is 6.78. The van der Waals surface area contributed by atoms with Crippen molar-refractivity contribution < 1.29 is 14.7 Å². The summed E-state index contributed by atoms with van der Waals surface area (Å²) in [7, 11) is 0. The molecule has 7 heterocycles. The minimum absolute atomic E-state index is 0.00774. The Morgan fingerprint density at radius 2 is 1.76 bits per heavy atom. The van der Waals surface area contributed by atoms with Gasteiger partial charge < -0.3 is 14.9 Å². The van der Waals surface area contributed by atoms with Crippen molar-refractivity contribution in [1.82, 2.24) is 29.7 Å². The van der Waals surface area contributed by atoms with E-state index >= 15 is 0 Å². The maximum Gasteiger partial charge on any atom is 0.320 e. The quantitative estimate of drug-likeness (QED) is 0.559. The lowest BCUT2D eigenvalue weighted by Crippen LogP contribution is -2.53. The van der Waals surface area contributed by atoms with Gasteiger partial charge in [-0.1, -0.05) is 35.9 Å². The maximum atomic E-state index is 13.4. The average Bonchev–Trinajstić information content (AvgIpc) is 3.34. The molecule has 2 amide bonds. The SMILES string of the molecule is Cc1c2ccc3c1nnn3CCCCCN1CCN(CC1)C(=O)N1CCc3ccc(cc3C1)C2CC(=O)O. The number of carbonyl (C=O) groups is 2. The third kappa shape index (κ3) is 4.75. The fourth-order valence-electron chi connectivity index (χ4n) is 6.40. The molecule has 6 aliphatic heterocycles. The number of hydrogen-bond acceptors (Lipinski definition) is 5. The third-order valence-electron chi connectivity index (χ3n) is 8.64. The number of piperazine rings is 1. The van der Waals surface area contributed by atoms with Crippen LogP contribution in [0.2, 0.25) is 0 Å². The van der Waals surface area contributed by atoms with E-state index in [4.69, 9.17) is 0 Å². The van der Waals surface area contributed by atoms with E-state index in [1.54, 1.807) is 0 Å². The van der Waals surface area contributed by atoms with Crippen LogP contribution in [0.3, 0.4) is 0 Å². The Labute approximate surface area is 223 Å². The largest absolute Gasteiger partial charge is 0.481 e. The molecule has 2 aromatic carbocycles. The van der Waals surface area contributed by atoms with Gasteiger partial charge in [-0.15, -0.1) is 5.10 Å². The van der Waals surface area contributed by atoms with E-state index in [1.165, 1.54) is 5.56 Å². The van der Waals surface area contributed by atoms with E-state index in [1.807, 2.05) is 27.5 Å². The molecule has 1 unspecified atom stereocenters. The Morgan fingerprint density at radius 1 is 0.947 bits per heavy atom. The summed E-state index contributed by atoms with van der Waals surface area (Å²) in [5.41, 5.74) is 7.13. The molecule has 1 saturated heterocycles. The molecule has 0 saturated carbocycles. The van der Waals surface area contributed by atoms with Gasteiger partial charge in [-0.3, -0.25) is 9.69 Å². The van der Waals surface area contributed by atoms with Crippen LogP contribution in [0, 0.1) is 6.92 Å². The number of rotatable bonds is 2. The Bertz CT molecular complexity index is 1360. The van der Waals surface area contributed by atoms with Gasteiger partial charge in [-0.25, -0.2) is 9.48 Å². The van der Waals surface area contributed by atoms with Crippen molar-refractivity contribution in [2.24, 2.45) is 0 Å². The molecular weight excluding hydrogens is 480 g/mol. The van der Waals surface area contributed by atoms with Crippen molar-refractivity contribution in [3.8, 4) is 0 Å². The number of aromatic nitrogens is 3. The van der Waals surface area contributed by atoms with E-state index in [0.717, 1.165) is 105 Å². The predicted octanol–water partition coefficient (Wildman–Crippen LogP) is 3.63. The lowest BCUT2D eigenvalue weighted by atomic mass is 9.83. The highest BCUT2D eigenvalue weighted by Crippen LogP contribution is 2.35. The molecule has 9 rings (SSSR count). The highest BCUT2D eigenvalue weighted by Gasteiger charge is 2.29. The summed E-state index contributed by atoms with van der Waals surface area (Å²) in [5, 5.41) is 18.8. The number of nitrogens with zero attached hydrogens (tertiary/aromatic N) is 6. The summed E-state index contributed by atoms with van der Waals surface area (Å²) in [6.45, 7) is 8.57. The predicted molar refractivity (Wildman–Crippen MR) is 144 cm³/mol. The molecule has 0 spiro atoms. The zero-order valence-electron chi connectivity index (χ0n) is 22.1. The smallest absolute Gasteiger partial charge is 0.320 e. The zero-order chi connectivity index (χ0) is 26.2. The first-order chi connectivity index (χ1) is 18.5. The van der Waals surface area contributed by atoms with Gasteiger partial charge in [-0.05, 0) is 66.6 Å². The minimum atomic E-state index is -0.836. The molecule has 38 heavy (non-hydrogen) atoms. The fourth-order valence-corrected chi connectivity index (χ4v) is 6.40. The molecule has 3 aromatic rings. The topological polar surface area (TPSA) is 94.8 Å².